The minimum atomic E-state index is -0.387. The van der Waals surface area contributed by atoms with Crippen LogP contribution in [0.2, 0.25) is 0 Å². The minimum absolute atomic E-state index is 0.326. The molecule has 0 N–H and O–H groups in total. The number of benzene rings is 1. The fraction of sp³-hybridized carbons (Fsp3) is 0.300. The van der Waals surface area contributed by atoms with E-state index >= 15 is 0 Å². The first kappa shape index (κ1) is 10.1. The Kier molecular flexibility index (Phi) is 3.77. The van der Waals surface area contributed by atoms with Gasteiger partial charge in [-0.25, -0.2) is 0 Å². The number of hydrogen-bond acceptors (Lipinski definition) is 2. The van der Waals surface area contributed by atoms with Gasteiger partial charge in [0.1, 0.15) is 11.9 Å². The smallest absolute Gasteiger partial charge is 0.325 e. The van der Waals surface area contributed by atoms with Gasteiger partial charge >= 0.3 is 5.97 Å². The van der Waals surface area contributed by atoms with Gasteiger partial charge in [-0.05, 0) is 18.9 Å². The van der Waals surface area contributed by atoms with Gasteiger partial charge in [0.15, 0.2) is 0 Å². The summed E-state index contributed by atoms with van der Waals surface area (Å²) >= 11 is 4.89. The summed E-state index contributed by atoms with van der Waals surface area (Å²) in [5, 5.41) is 0. The van der Waals surface area contributed by atoms with Crippen LogP contribution in [0.15, 0.2) is 24.3 Å². The SMILES string of the molecule is Cc1ccc(CCC(=O)OCl)cc1. The first-order chi connectivity index (χ1) is 6.22. The molecule has 0 aliphatic rings. The molecule has 70 valence electrons. The molecule has 0 unspecified atom stereocenters. The minimum Gasteiger partial charge on any atom is -0.348 e. The highest BCUT2D eigenvalue weighted by molar-refractivity contribution is 6.13. The van der Waals surface area contributed by atoms with E-state index in [-0.39, 0.29) is 5.97 Å². The molecule has 1 aromatic carbocycles. The zero-order valence-electron chi connectivity index (χ0n) is 7.42. The molecule has 1 rings (SSSR count). The van der Waals surface area contributed by atoms with Crippen LogP contribution in [-0.2, 0) is 15.5 Å². The Morgan fingerprint density at radius 1 is 1.38 bits per heavy atom. The molecule has 0 fully saturated rings. The maximum Gasteiger partial charge on any atom is 0.325 e. The largest absolute Gasteiger partial charge is 0.348 e. The second kappa shape index (κ2) is 4.87. The molecule has 0 amide bonds. The zero-order valence-corrected chi connectivity index (χ0v) is 8.17. The topological polar surface area (TPSA) is 26.3 Å². The first-order valence-electron chi connectivity index (χ1n) is 4.09. The highest BCUT2D eigenvalue weighted by Crippen LogP contribution is 2.06. The highest BCUT2D eigenvalue weighted by Gasteiger charge is 2.01. The molecule has 0 saturated carbocycles. The van der Waals surface area contributed by atoms with Gasteiger partial charge in [0.2, 0.25) is 0 Å². The van der Waals surface area contributed by atoms with Crippen molar-refractivity contribution in [2.24, 2.45) is 0 Å². The maximum absolute atomic E-state index is 10.7. The predicted molar refractivity (Wildman–Crippen MR) is 51.4 cm³/mol. The van der Waals surface area contributed by atoms with Crippen molar-refractivity contribution < 1.29 is 9.08 Å². The molecule has 0 aliphatic heterocycles. The molecular formula is C10H11ClO2. The molecular weight excluding hydrogens is 188 g/mol. The van der Waals surface area contributed by atoms with Gasteiger partial charge in [-0.3, -0.25) is 4.79 Å². The number of hydrogen-bond donors (Lipinski definition) is 0. The average Bonchev–Trinajstić information content (AvgIpc) is 2.16. The fourth-order valence-electron chi connectivity index (χ4n) is 1.04. The van der Waals surface area contributed by atoms with Crippen LogP contribution in [0.25, 0.3) is 0 Å². The molecule has 0 spiro atoms. The number of halogens is 1. The van der Waals surface area contributed by atoms with Crippen molar-refractivity contribution in [2.75, 3.05) is 0 Å². The lowest BCUT2D eigenvalue weighted by molar-refractivity contribution is -0.133. The van der Waals surface area contributed by atoms with E-state index in [0.29, 0.717) is 12.8 Å². The Balaban J connectivity index is 2.46. The average molecular weight is 199 g/mol. The van der Waals surface area contributed by atoms with Crippen molar-refractivity contribution in [3.05, 3.63) is 35.4 Å². The monoisotopic (exact) mass is 198 g/mol. The van der Waals surface area contributed by atoms with Crippen LogP contribution in [0, 0.1) is 6.92 Å². The predicted octanol–water partition coefficient (Wildman–Crippen LogP) is 2.62. The van der Waals surface area contributed by atoms with Gasteiger partial charge in [0.25, 0.3) is 0 Å². The van der Waals surface area contributed by atoms with Crippen LogP contribution in [0.3, 0.4) is 0 Å². The summed E-state index contributed by atoms with van der Waals surface area (Å²) in [5.74, 6) is -0.387. The molecule has 0 heterocycles. The molecule has 2 nitrogen and oxygen atoms in total. The lowest BCUT2D eigenvalue weighted by atomic mass is 10.1. The second-order valence-corrected chi connectivity index (χ2v) is 3.09. The fourth-order valence-corrected chi connectivity index (χ4v) is 1.12. The zero-order chi connectivity index (χ0) is 9.68. The Bertz CT molecular complexity index is 279. The van der Waals surface area contributed by atoms with Crippen molar-refractivity contribution >= 4 is 17.8 Å². The van der Waals surface area contributed by atoms with Crippen LogP contribution in [0.1, 0.15) is 17.5 Å². The lowest BCUT2D eigenvalue weighted by Crippen LogP contribution is -1.98. The van der Waals surface area contributed by atoms with Crippen LogP contribution < -0.4 is 0 Å². The molecule has 0 aromatic heterocycles. The molecule has 0 atom stereocenters. The molecule has 0 aliphatic carbocycles. The molecule has 1 aromatic rings. The third-order valence-electron chi connectivity index (χ3n) is 1.82. The van der Waals surface area contributed by atoms with Crippen molar-refractivity contribution in [2.45, 2.75) is 19.8 Å². The second-order valence-electron chi connectivity index (χ2n) is 2.93. The Morgan fingerprint density at radius 3 is 2.54 bits per heavy atom. The summed E-state index contributed by atoms with van der Waals surface area (Å²) in [7, 11) is 0. The molecule has 0 saturated heterocycles. The lowest BCUT2D eigenvalue weighted by Gasteiger charge is -1.99. The summed E-state index contributed by atoms with van der Waals surface area (Å²) in [6.07, 6.45) is 0.998. The van der Waals surface area contributed by atoms with Crippen LogP contribution in [-0.4, -0.2) is 5.97 Å². The van der Waals surface area contributed by atoms with Crippen molar-refractivity contribution in [1.29, 1.82) is 0 Å². The van der Waals surface area contributed by atoms with E-state index in [9.17, 15) is 4.79 Å². The van der Waals surface area contributed by atoms with E-state index in [2.05, 4.69) is 4.29 Å². The Labute approximate surface area is 82.6 Å². The van der Waals surface area contributed by atoms with Gasteiger partial charge in [-0.2, -0.15) is 0 Å². The van der Waals surface area contributed by atoms with E-state index in [0.717, 1.165) is 5.56 Å². The highest BCUT2D eigenvalue weighted by atomic mass is 35.5. The number of rotatable bonds is 3. The Hall–Kier alpha value is -1.02. The van der Waals surface area contributed by atoms with Gasteiger partial charge < -0.3 is 4.29 Å². The number of aryl methyl sites for hydroxylation is 2. The standard InChI is InChI=1S/C10H11ClO2/c1-8-2-4-9(5-3-8)6-7-10(12)13-11/h2-5H,6-7H2,1H3. The number of carbonyl (C=O) groups excluding carboxylic acids is 1. The summed E-state index contributed by atoms with van der Waals surface area (Å²) in [6.45, 7) is 2.02. The van der Waals surface area contributed by atoms with E-state index in [1.165, 1.54) is 5.56 Å². The van der Waals surface area contributed by atoms with Gasteiger partial charge in [0.05, 0.1) is 6.42 Å². The van der Waals surface area contributed by atoms with Crippen LogP contribution in [0.4, 0.5) is 0 Å². The molecule has 3 heteroatoms. The third-order valence-corrected chi connectivity index (χ3v) is 2.00. The van der Waals surface area contributed by atoms with Gasteiger partial charge in [-0.15, -0.1) is 0 Å². The Morgan fingerprint density at radius 2 is 2.00 bits per heavy atom. The number of carbonyl (C=O) groups is 1. The van der Waals surface area contributed by atoms with E-state index in [1.54, 1.807) is 0 Å². The quantitative estimate of drug-likeness (QED) is 0.747. The van der Waals surface area contributed by atoms with Gasteiger partial charge in [-0.1, -0.05) is 29.8 Å². The summed E-state index contributed by atoms with van der Waals surface area (Å²) in [4.78, 5) is 10.7. The summed E-state index contributed by atoms with van der Waals surface area (Å²) < 4.78 is 4.03. The van der Waals surface area contributed by atoms with Crippen molar-refractivity contribution in [3.8, 4) is 0 Å². The summed E-state index contributed by atoms with van der Waals surface area (Å²) in [5.41, 5.74) is 2.33. The van der Waals surface area contributed by atoms with E-state index < -0.39 is 0 Å². The molecule has 0 bridgehead atoms. The van der Waals surface area contributed by atoms with Crippen molar-refractivity contribution in [1.82, 2.24) is 0 Å². The normalized spacial score (nSPS) is 9.69. The van der Waals surface area contributed by atoms with E-state index in [1.807, 2.05) is 31.2 Å². The maximum atomic E-state index is 10.7. The molecule has 0 radical (unpaired) electrons. The van der Waals surface area contributed by atoms with Crippen LogP contribution >= 0.6 is 11.9 Å². The van der Waals surface area contributed by atoms with E-state index in [4.69, 9.17) is 11.9 Å². The third kappa shape index (κ3) is 3.47. The van der Waals surface area contributed by atoms with Gasteiger partial charge in [0, 0.05) is 0 Å². The van der Waals surface area contributed by atoms with Crippen molar-refractivity contribution in [3.63, 3.8) is 0 Å². The van der Waals surface area contributed by atoms with Crippen LogP contribution in [0.5, 0.6) is 0 Å². The first-order valence-corrected chi connectivity index (χ1v) is 4.40. The summed E-state index contributed by atoms with van der Waals surface area (Å²) in [6, 6.07) is 8.02. The molecule has 13 heavy (non-hydrogen) atoms.